The van der Waals surface area contributed by atoms with Crippen molar-refractivity contribution in [2.24, 2.45) is 0 Å². The third-order valence-electron chi connectivity index (χ3n) is 5.78. The van der Waals surface area contributed by atoms with E-state index < -0.39 is 27.7 Å². The maximum atomic E-state index is 13.5. The lowest BCUT2D eigenvalue weighted by Crippen LogP contribution is -2.34. The lowest BCUT2D eigenvalue weighted by atomic mass is 10.1. The molecule has 1 aliphatic heterocycles. The molecule has 2 aromatic carbocycles. The van der Waals surface area contributed by atoms with Gasteiger partial charge in [0.1, 0.15) is 5.75 Å². The van der Waals surface area contributed by atoms with Crippen LogP contribution < -0.4 is 14.6 Å². The number of ether oxygens (including phenoxy) is 1. The zero-order valence-corrected chi connectivity index (χ0v) is 19.6. The summed E-state index contributed by atoms with van der Waals surface area (Å²) in [7, 11) is -3.96. The van der Waals surface area contributed by atoms with Crippen molar-refractivity contribution in [2.75, 3.05) is 10.8 Å². The van der Waals surface area contributed by atoms with Crippen LogP contribution in [0.2, 0.25) is 0 Å². The Morgan fingerprint density at radius 3 is 2.39 bits per heavy atom. The van der Waals surface area contributed by atoms with Crippen molar-refractivity contribution < 1.29 is 26.3 Å². The topological polar surface area (TPSA) is 97.3 Å². The number of fused-ring (bicyclic) bond motifs is 3. The number of halogens is 3. The molecule has 5 rings (SSSR count). The Kier molecular flexibility index (Phi) is 5.62. The van der Waals surface area contributed by atoms with Crippen LogP contribution in [0.4, 0.5) is 19.0 Å². The van der Waals surface area contributed by atoms with E-state index in [1.165, 1.54) is 39.4 Å². The summed E-state index contributed by atoms with van der Waals surface area (Å²) in [6, 6.07) is 14.6. The molecule has 0 fully saturated rings. The summed E-state index contributed by atoms with van der Waals surface area (Å²) in [4.78, 5) is 17.7. The Labute approximate surface area is 203 Å². The highest BCUT2D eigenvalue weighted by atomic mass is 32.2. The Hall–Kier alpha value is -4.06. The fraction of sp³-hybridized carbons (Fsp3) is 0.167. The Bertz CT molecular complexity index is 1590. The van der Waals surface area contributed by atoms with Gasteiger partial charge in [-0.05, 0) is 61.9 Å². The molecule has 186 valence electrons. The molecule has 0 saturated heterocycles. The molecular weight excluding hydrogens is 497 g/mol. The number of nitrogens with zero attached hydrogens (tertiary/aromatic N) is 3. The van der Waals surface area contributed by atoms with Crippen LogP contribution in [0.5, 0.6) is 5.75 Å². The van der Waals surface area contributed by atoms with Gasteiger partial charge < -0.3 is 4.74 Å². The quantitative estimate of drug-likeness (QED) is 0.439. The lowest BCUT2D eigenvalue weighted by Gasteiger charge is -2.23. The number of anilines is 1. The molecule has 0 atom stereocenters. The van der Waals surface area contributed by atoms with E-state index in [0.29, 0.717) is 16.8 Å². The first-order chi connectivity index (χ1) is 17.0. The normalized spacial score (nSPS) is 13.6. The molecule has 2 aromatic heterocycles. The van der Waals surface area contributed by atoms with Crippen molar-refractivity contribution in [1.29, 1.82) is 0 Å². The molecule has 0 aliphatic carbocycles. The van der Waals surface area contributed by atoms with Gasteiger partial charge in [0.25, 0.3) is 15.6 Å². The van der Waals surface area contributed by atoms with Crippen LogP contribution in [0.15, 0.2) is 76.6 Å². The molecule has 4 aromatic rings. The van der Waals surface area contributed by atoms with E-state index in [-0.39, 0.29) is 29.4 Å². The van der Waals surface area contributed by atoms with Gasteiger partial charge in [-0.3, -0.25) is 9.89 Å². The van der Waals surface area contributed by atoms with Crippen LogP contribution >= 0.6 is 0 Å². The first-order valence-corrected chi connectivity index (χ1v) is 12.2. The third-order valence-corrected chi connectivity index (χ3v) is 7.58. The molecule has 0 spiro atoms. The maximum absolute atomic E-state index is 13.5. The maximum Gasteiger partial charge on any atom is 0.573 e. The van der Waals surface area contributed by atoms with Crippen LogP contribution in [-0.2, 0) is 16.4 Å². The second-order valence-corrected chi connectivity index (χ2v) is 10.0. The molecular formula is C24H19F3N4O4S. The molecule has 0 bridgehead atoms. The van der Waals surface area contributed by atoms with Crippen molar-refractivity contribution in [2.45, 2.75) is 24.6 Å². The highest BCUT2D eigenvalue weighted by molar-refractivity contribution is 7.92. The minimum atomic E-state index is -4.83. The average Bonchev–Trinajstić information content (AvgIpc) is 3.05. The number of alkyl halides is 3. The van der Waals surface area contributed by atoms with Gasteiger partial charge >= 0.3 is 6.36 Å². The predicted octanol–water partition coefficient (Wildman–Crippen LogP) is 4.19. The molecule has 8 nitrogen and oxygen atoms in total. The molecule has 1 N–H and O–H groups in total. The Morgan fingerprint density at radius 2 is 1.72 bits per heavy atom. The van der Waals surface area contributed by atoms with Gasteiger partial charge in [0, 0.05) is 23.9 Å². The van der Waals surface area contributed by atoms with Crippen molar-refractivity contribution in [3.63, 3.8) is 0 Å². The van der Waals surface area contributed by atoms with Crippen LogP contribution in [0.1, 0.15) is 11.1 Å². The van der Waals surface area contributed by atoms with Crippen molar-refractivity contribution in [3.05, 3.63) is 88.3 Å². The van der Waals surface area contributed by atoms with Gasteiger partial charge in [-0.25, -0.2) is 22.4 Å². The summed E-state index contributed by atoms with van der Waals surface area (Å²) in [5.74, 6) is -0.252. The van der Waals surface area contributed by atoms with Crippen LogP contribution in [0, 0.1) is 6.92 Å². The number of rotatable bonds is 4. The number of benzene rings is 2. The Balaban J connectivity index is 1.57. The van der Waals surface area contributed by atoms with E-state index >= 15 is 0 Å². The highest BCUT2D eigenvalue weighted by Gasteiger charge is 2.33. The number of aromatic nitrogens is 3. The number of hydrogen-bond acceptors (Lipinski definition) is 5. The summed E-state index contributed by atoms with van der Waals surface area (Å²) >= 11 is 0. The number of pyridine rings is 1. The molecule has 36 heavy (non-hydrogen) atoms. The van der Waals surface area contributed by atoms with Crippen LogP contribution in [0.25, 0.3) is 16.9 Å². The summed E-state index contributed by atoms with van der Waals surface area (Å²) in [5.41, 5.74) is 1.89. The first kappa shape index (κ1) is 23.7. The molecule has 0 saturated carbocycles. The van der Waals surface area contributed by atoms with E-state index in [1.807, 2.05) is 6.92 Å². The number of sulfonamides is 1. The SMILES string of the molecule is Cc1ccc(S(=O)(=O)N2CCc3c([nH]n(-c4ccc(OC(F)(F)F)cc4)c3=O)-c3cccnc32)cc1. The molecule has 3 heterocycles. The van der Waals surface area contributed by atoms with E-state index in [2.05, 4.69) is 14.8 Å². The van der Waals surface area contributed by atoms with Crippen molar-refractivity contribution >= 4 is 15.8 Å². The largest absolute Gasteiger partial charge is 0.573 e. The summed E-state index contributed by atoms with van der Waals surface area (Å²) in [6.07, 6.45) is -3.27. The number of aromatic amines is 1. The van der Waals surface area contributed by atoms with Crippen molar-refractivity contribution in [3.8, 4) is 22.7 Å². The second-order valence-electron chi connectivity index (χ2n) is 8.16. The first-order valence-electron chi connectivity index (χ1n) is 10.8. The Morgan fingerprint density at radius 1 is 1.03 bits per heavy atom. The zero-order valence-electron chi connectivity index (χ0n) is 18.8. The summed E-state index contributed by atoms with van der Waals surface area (Å²) < 4.78 is 70.7. The minimum Gasteiger partial charge on any atom is -0.406 e. The zero-order chi connectivity index (χ0) is 25.7. The van der Waals surface area contributed by atoms with Gasteiger partial charge in [-0.15, -0.1) is 13.2 Å². The molecule has 12 heteroatoms. The fourth-order valence-corrected chi connectivity index (χ4v) is 5.53. The summed E-state index contributed by atoms with van der Waals surface area (Å²) in [6.45, 7) is 1.83. The van der Waals surface area contributed by atoms with E-state index in [0.717, 1.165) is 17.7 Å². The standard InChI is InChI=1S/C24H19F3N4O4S/c1-15-4-10-18(11-5-15)36(33,34)30-14-12-20-21(19-3-2-13-28-22(19)30)29-31(23(20)32)16-6-8-17(9-7-16)35-24(25,26)27/h2-11,13,29H,12,14H2,1H3. The lowest BCUT2D eigenvalue weighted by molar-refractivity contribution is -0.274. The second kappa shape index (κ2) is 8.55. The van der Waals surface area contributed by atoms with Crippen LogP contribution in [-0.4, -0.2) is 36.1 Å². The van der Waals surface area contributed by atoms with Crippen molar-refractivity contribution in [1.82, 2.24) is 14.8 Å². The van der Waals surface area contributed by atoms with Gasteiger partial charge in [0.2, 0.25) is 0 Å². The number of hydrogen-bond donors (Lipinski definition) is 1. The number of nitrogens with one attached hydrogen (secondary N) is 1. The fourth-order valence-electron chi connectivity index (χ4n) is 4.09. The van der Waals surface area contributed by atoms with E-state index in [9.17, 15) is 26.4 Å². The number of aryl methyl sites for hydroxylation is 1. The molecule has 0 amide bonds. The van der Waals surface area contributed by atoms with Gasteiger partial charge in [0.05, 0.1) is 16.3 Å². The van der Waals surface area contributed by atoms with Gasteiger partial charge in [0.15, 0.2) is 5.82 Å². The van der Waals surface area contributed by atoms with Crippen LogP contribution in [0.3, 0.4) is 0 Å². The highest BCUT2D eigenvalue weighted by Crippen LogP contribution is 2.36. The third kappa shape index (κ3) is 4.24. The summed E-state index contributed by atoms with van der Waals surface area (Å²) in [5, 5.41) is 2.98. The monoisotopic (exact) mass is 516 g/mol. The van der Waals surface area contributed by atoms with E-state index in [1.54, 1.807) is 24.3 Å². The molecule has 0 unspecified atom stereocenters. The predicted molar refractivity (Wildman–Crippen MR) is 126 cm³/mol. The smallest absolute Gasteiger partial charge is 0.406 e. The number of H-pyrrole nitrogens is 1. The van der Waals surface area contributed by atoms with Gasteiger partial charge in [-0.1, -0.05) is 17.7 Å². The molecule has 1 aliphatic rings. The van der Waals surface area contributed by atoms with Gasteiger partial charge in [-0.2, -0.15) is 0 Å². The average molecular weight is 517 g/mol. The van der Waals surface area contributed by atoms with E-state index in [4.69, 9.17) is 0 Å². The minimum absolute atomic E-state index is 0.0291. The molecule has 0 radical (unpaired) electrons.